The molecule has 0 aliphatic rings. The minimum Gasteiger partial charge on any atom is -0.493 e. The van der Waals surface area contributed by atoms with Gasteiger partial charge in [-0.1, -0.05) is 0 Å². The van der Waals surface area contributed by atoms with E-state index in [4.69, 9.17) is 14.6 Å². The van der Waals surface area contributed by atoms with E-state index >= 15 is 0 Å². The average Bonchev–Trinajstić information content (AvgIpc) is 2.28. The van der Waals surface area contributed by atoms with Gasteiger partial charge < -0.3 is 19.9 Å². The number of rotatable bonds is 6. The van der Waals surface area contributed by atoms with Gasteiger partial charge in [-0.25, -0.2) is 0 Å². The number of hydrogen-bond acceptors (Lipinski definition) is 4. The summed E-state index contributed by atoms with van der Waals surface area (Å²) in [6.45, 7) is 2.29. The van der Waals surface area contributed by atoms with Crippen LogP contribution in [-0.4, -0.2) is 30.7 Å². The zero-order valence-corrected chi connectivity index (χ0v) is 10.2. The smallest absolute Gasteiger partial charge is 0.312 e. The Hall–Kier alpha value is -2.24. The quantitative estimate of drug-likeness (QED) is 0.750. The standard InChI is InChI=1S/C12H15NO5/c1-3-18-10-6-8(4-5-9(10)17-2)13-11(14)7-12(15)16/h4-6H,3,7H2,1-2H3,(H,13,14)(H,15,16). The normalized spacial score (nSPS) is 9.67. The Kier molecular flexibility index (Phi) is 4.98. The number of anilines is 1. The second-order valence-corrected chi connectivity index (χ2v) is 3.42. The number of carbonyl (C=O) groups is 2. The summed E-state index contributed by atoms with van der Waals surface area (Å²) in [5, 5.41) is 10.9. The van der Waals surface area contributed by atoms with Gasteiger partial charge in [0.05, 0.1) is 13.7 Å². The molecule has 0 aliphatic carbocycles. The highest BCUT2D eigenvalue weighted by molar-refractivity contribution is 6.01. The van der Waals surface area contributed by atoms with Crippen molar-refractivity contribution in [1.82, 2.24) is 0 Å². The van der Waals surface area contributed by atoms with Crippen LogP contribution in [0.1, 0.15) is 13.3 Å². The number of amides is 1. The molecule has 1 amide bonds. The molecule has 1 rings (SSSR count). The largest absolute Gasteiger partial charge is 0.493 e. The topological polar surface area (TPSA) is 84.9 Å². The predicted molar refractivity (Wildman–Crippen MR) is 65.0 cm³/mol. The number of hydrogen-bond donors (Lipinski definition) is 2. The number of carboxylic acid groups (broad SMARTS) is 1. The van der Waals surface area contributed by atoms with Gasteiger partial charge >= 0.3 is 5.97 Å². The maximum Gasteiger partial charge on any atom is 0.312 e. The van der Waals surface area contributed by atoms with Crippen LogP contribution < -0.4 is 14.8 Å². The second-order valence-electron chi connectivity index (χ2n) is 3.42. The van der Waals surface area contributed by atoms with E-state index in [0.717, 1.165) is 0 Å². The lowest BCUT2D eigenvalue weighted by molar-refractivity contribution is -0.139. The van der Waals surface area contributed by atoms with Crippen molar-refractivity contribution in [2.24, 2.45) is 0 Å². The molecule has 1 aromatic rings. The Bertz CT molecular complexity index is 444. The highest BCUT2D eigenvalue weighted by Crippen LogP contribution is 2.30. The third-order valence-electron chi connectivity index (χ3n) is 2.06. The number of benzene rings is 1. The SMILES string of the molecule is CCOc1cc(NC(=O)CC(=O)O)ccc1OC. The molecule has 0 heterocycles. The first-order valence-electron chi connectivity index (χ1n) is 5.39. The van der Waals surface area contributed by atoms with E-state index in [9.17, 15) is 9.59 Å². The van der Waals surface area contributed by atoms with Crippen LogP contribution in [-0.2, 0) is 9.59 Å². The number of ether oxygens (including phenoxy) is 2. The number of nitrogens with one attached hydrogen (secondary N) is 1. The van der Waals surface area contributed by atoms with E-state index in [1.807, 2.05) is 6.92 Å². The molecule has 0 aromatic heterocycles. The highest BCUT2D eigenvalue weighted by Gasteiger charge is 2.10. The third kappa shape index (κ3) is 3.97. The summed E-state index contributed by atoms with van der Waals surface area (Å²) in [5.74, 6) is -0.720. The summed E-state index contributed by atoms with van der Waals surface area (Å²) in [6.07, 6.45) is -0.573. The van der Waals surface area contributed by atoms with Gasteiger partial charge in [0.25, 0.3) is 0 Å². The van der Waals surface area contributed by atoms with Crippen molar-refractivity contribution < 1.29 is 24.2 Å². The van der Waals surface area contributed by atoms with Crippen molar-refractivity contribution in [1.29, 1.82) is 0 Å². The van der Waals surface area contributed by atoms with Crippen LogP contribution in [0.5, 0.6) is 11.5 Å². The van der Waals surface area contributed by atoms with Gasteiger partial charge in [-0.2, -0.15) is 0 Å². The molecule has 0 saturated carbocycles. The zero-order chi connectivity index (χ0) is 13.5. The molecule has 0 unspecified atom stereocenters. The van der Waals surface area contributed by atoms with E-state index < -0.39 is 18.3 Å². The van der Waals surface area contributed by atoms with E-state index in [0.29, 0.717) is 23.8 Å². The minimum atomic E-state index is -1.17. The van der Waals surface area contributed by atoms with Crippen LogP contribution >= 0.6 is 0 Å². The molecular formula is C12H15NO5. The molecule has 0 atom stereocenters. The zero-order valence-electron chi connectivity index (χ0n) is 10.2. The first kappa shape index (κ1) is 13.8. The van der Waals surface area contributed by atoms with Crippen LogP contribution in [0.25, 0.3) is 0 Å². The summed E-state index contributed by atoms with van der Waals surface area (Å²) in [4.78, 5) is 21.6. The molecule has 0 saturated heterocycles. The van der Waals surface area contributed by atoms with E-state index in [1.165, 1.54) is 7.11 Å². The molecule has 98 valence electrons. The maximum atomic E-state index is 11.3. The predicted octanol–water partition coefficient (Wildman–Crippen LogP) is 1.51. The first-order chi connectivity index (χ1) is 8.56. The Morgan fingerprint density at radius 2 is 2.06 bits per heavy atom. The Balaban J connectivity index is 2.81. The van der Waals surface area contributed by atoms with Crippen molar-refractivity contribution in [3.05, 3.63) is 18.2 Å². The molecule has 2 N–H and O–H groups in total. The fraction of sp³-hybridized carbons (Fsp3) is 0.333. The lowest BCUT2D eigenvalue weighted by Crippen LogP contribution is -2.15. The fourth-order valence-corrected chi connectivity index (χ4v) is 1.37. The van der Waals surface area contributed by atoms with Gasteiger partial charge in [-0.3, -0.25) is 9.59 Å². The Morgan fingerprint density at radius 3 is 2.61 bits per heavy atom. The first-order valence-corrected chi connectivity index (χ1v) is 5.39. The van der Waals surface area contributed by atoms with E-state index in [2.05, 4.69) is 5.32 Å². The van der Waals surface area contributed by atoms with Gasteiger partial charge in [0.2, 0.25) is 5.91 Å². The molecule has 6 nitrogen and oxygen atoms in total. The van der Waals surface area contributed by atoms with Crippen molar-refractivity contribution in [3.63, 3.8) is 0 Å². The molecule has 0 spiro atoms. The van der Waals surface area contributed by atoms with Crippen LogP contribution in [0.4, 0.5) is 5.69 Å². The molecule has 0 bridgehead atoms. The van der Waals surface area contributed by atoms with Gasteiger partial charge in [0.1, 0.15) is 6.42 Å². The van der Waals surface area contributed by atoms with Crippen LogP contribution in [0.15, 0.2) is 18.2 Å². The summed E-state index contributed by atoms with van der Waals surface area (Å²) >= 11 is 0. The van der Waals surface area contributed by atoms with Crippen molar-refractivity contribution in [2.45, 2.75) is 13.3 Å². The maximum absolute atomic E-state index is 11.3. The Morgan fingerprint density at radius 1 is 1.33 bits per heavy atom. The molecular weight excluding hydrogens is 238 g/mol. The van der Waals surface area contributed by atoms with Gasteiger partial charge in [-0.15, -0.1) is 0 Å². The fourth-order valence-electron chi connectivity index (χ4n) is 1.37. The van der Waals surface area contributed by atoms with E-state index in [1.54, 1.807) is 18.2 Å². The highest BCUT2D eigenvalue weighted by atomic mass is 16.5. The molecule has 18 heavy (non-hydrogen) atoms. The average molecular weight is 253 g/mol. The monoisotopic (exact) mass is 253 g/mol. The number of carboxylic acids is 1. The number of methoxy groups -OCH3 is 1. The lowest BCUT2D eigenvalue weighted by Gasteiger charge is -2.11. The summed E-state index contributed by atoms with van der Waals surface area (Å²) < 4.78 is 10.4. The van der Waals surface area contributed by atoms with Gasteiger partial charge in [0.15, 0.2) is 11.5 Å². The molecule has 0 aliphatic heterocycles. The van der Waals surface area contributed by atoms with Crippen molar-refractivity contribution >= 4 is 17.6 Å². The summed E-state index contributed by atoms with van der Waals surface area (Å²) in [5.41, 5.74) is 0.463. The van der Waals surface area contributed by atoms with Crippen molar-refractivity contribution in [2.75, 3.05) is 19.0 Å². The number of carbonyl (C=O) groups excluding carboxylic acids is 1. The van der Waals surface area contributed by atoms with Crippen molar-refractivity contribution in [3.8, 4) is 11.5 Å². The van der Waals surface area contributed by atoms with Gasteiger partial charge in [0, 0.05) is 11.8 Å². The molecule has 6 heteroatoms. The van der Waals surface area contributed by atoms with Gasteiger partial charge in [-0.05, 0) is 19.1 Å². The Labute approximate surface area is 105 Å². The van der Waals surface area contributed by atoms with Crippen LogP contribution in [0.2, 0.25) is 0 Å². The lowest BCUT2D eigenvalue weighted by atomic mass is 10.2. The summed E-state index contributed by atoms with van der Waals surface area (Å²) in [6, 6.07) is 4.84. The number of aliphatic carboxylic acids is 1. The minimum absolute atomic E-state index is 0.461. The molecule has 0 fully saturated rings. The second kappa shape index (κ2) is 6.48. The van der Waals surface area contributed by atoms with Crippen LogP contribution in [0, 0.1) is 0 Å². The van der Waals surface area contributed by atoms with E-state index in [-0.39, 0.29) is 0 Å². The van der Waals surface area contributed by atoms with Crippen LogP contribution in [0.3, 0.4) is 0 Å². The summed E-state index contributed by atoms with van der Waals surface area (Å²) in [7, 11) is 1.51. The molecule has 1 aromatic carbocycles. The molecule has 0 radical (unpaired) electrons. The third-order valence-corrected chi connectivity index (χ3v) is 2.06.